The van der Waals surface area contributed by atoms with E-state index in [1.165, 1.54) is 24.3 Å². The zero-order chi connectivity index (χ0) is 19.0. The van der Waals surface area contributed by atoms with Crippen LogP contribution in [0.5, 0.6) is 5.75 Å². The Bertz CT molecular complexity index is 660. The van der Waals surface area contributed by atoms with Gasteiger partial charge in [0.2, 0.25) is 11.8 Å². The van der Waals surface area contributed by atoms with Crippen LogP contribution in [0.3, 0.4) is 0 Å². The summed E-state index contributed by atoms with van der Waals surface area (Å²) >= 11 is 0. The smallest absolute Gasteiger partial charge is 0.276 e. The summed E-state index contributed by atoms with van der Waals surface area (Å²) in [5.41, 5.74) is 16.8. The predicted octanol–water partition coefficient (Wildman–Crippen LogP) is -1.14. The molecule has 0 saturated carbocycles. The largest absolute Gasteiger partial charge is 0.508 e. The van der Waals surface area contributed by atoms with E-state index in [9.17, 15) is 24.8 Å². The van der Waals surface area contributed by atoms with E-state index in [-0.39, 0.29) is 25.1 Å². The van der Waals surface area contributed by atoms with Crippen LogP contribution in [-0.4, -0.2) is 45.4 Å². The number of hydrogen-bond acceptors (Lipinski definition) is 6. The summed E-state index contributed by atoms with van der Waals surface area (Å²) in [6.45, 7) is 0.232. The van der Waals surface area contributed by atoms with Crippen LogP contribution >= 0.6 is 0 Å². The summed E-state index contributed by atoms with van der Waals surface area (Å²) in [5.74, 6) is -2.31. The van der Waals surface area contributed by atoms with Crippen LogP contribution < -0.4 is 17.2 Å². The molecule has 1 aromatic rings. The summed E-state index contributed by atoms with van der Waals surface area (Å²) in [5, 5.41) is 21.7. The molecule has 0 aliphatic carbocycles. The quantitative estimate of drug-likeness (QED) is 0.196. The lowest BCUT2D eigenvalue weighted by atomic mass is 10.1. The monoisotopic (exact) mass is 352 g/mol. The summed E-state index contributed by atoms with van der Waals surface area (Å²) in [6, 6.07) is 4.52. The Kier molecular flexibility index (Phi) is 7.28. The lowest BCUT2D eigenvalue weighted by Crippen LogP contribution is -2.54. The van der Waals surface area contributed by atoms with Gasteiger partial charge >= 0.3 is 0 Å². The average Bonchev–Trinajstić information content (AvgIpc) is 2.52. The van der Waals surface area contributed by atoms with Gasteiger partial charge in [-0.3, -0.25) is 14.5 Å². The number of carbonyl (C=O) groups excluding carboxylic acids is 2. The minimum absolute atomic E-state index is 0.0143. The number of primary amides is 1. The molecule has 1 aromatic carbocycles. The number of phenols is 1. The van der Waals surface area contributed by atoms with E-state index in [4.69, 9.17) is 17.2 Å². The van der Waals surface area contributed by atoms with Gasteiger partial charge in [-0.25, -0.2) is 10.1 Å². The summed E-state index contributed by atoms with van der Waals surface area (Å²) in [4.78, 5) is 35.6. The average molecular weight is 352 g/mol. The fourth-order valence-electron chi connectivity index (χ4n) is 2.18. The Balaban J connectivity index is 3.14. The van der Waals surface area contributed by atoms with Gasteiger partial charge < -0.3 is 22.3 Å². The number of amides is 2. The van der Waals surface area contributed by atoms with Crippen LogP contribution in [0.4, 0.5) is 0 Å². The number of nitrogens with two attached hydrogens (primary N) is 3. The van der Waals surface area contributed by atoms with Gasteiger partial charge in [-0.15, -0.1) is 0 Å². The number of guanidine groups is 1. The van der Waals surface area contributed by atoms with Crippen molar-refractivity contribution in [2.75, 3.05) is 6.54 Å². The highest BCUT2D eigenvalue weighted by atomic mass is 16.7. The third-order valence-corrected chi connectivity index (χ3v) is 3.31. The van der Waals surface area contributed by atoms with Crippen molar-refractivity contribution in [3.8, 4) is 5.75 Å². The number of phenolic OH excluding ortho intramolecular Hbond substituents is 1. The SMILES string of the molecule is NCCC[C@@H](C(N)=O)N(C(=O)Cc1ccc(O)cc1)C(N)=N[N+](=O)[O-]. The van der Waals surface area contributed by atoms with E-state index in [0.29, 0.717) is 16.9 Å². The first-order valence-electron chi connectivity index (χ1n) is 7.34. The molecule has 0 spiro atoms. The lowest BCUT2D eigenvalue weighted by Gasteiger charge is -2.27. The van der Waals surface area contributed by atoms with Gasteiger partial charge in [0, 0.05) is 0 Å². The minimum atomic E-state index is -1.21. The normalized spacial score (nSPS) is 12.4. The predicted molar refractivity (Wildman–Crippen MR) is 88.5 cm³/mol. The van der Waals surface area contributed by atoms with Gasteiger partial charge in [0.25, 0.3) is 5.96 Å². The van der Waals surface area contributed by atoms with Crippen molar-refractivity contribution < 1.29 is 19.7 Å². The van der Waals surface area contributed by atoms with Crippen LogP contribution in [0.25, 0.3) is 0 Å². The van der Waals surface area contributed by atoms with Crippen LogP contribution in [-0.2, 0) is 16.0 Å². The topological polar surface area (TPSA) is 191 Å². The molecule has 0 unspecified atom stereocenters. The number of nitro groups is 1. The van der Waals surface area contributed by atoms with Gasteiger partial charge in [0.15, 0.2) is 5.03 Å². The first kappa shape index (κ1) is 19.8. The maximum atomic E-state index is 12.6. The van der Waals surface area contributed by atoms with Gasteiger partial charge in [0.05, 0.1) is 6.42 Å². The molecule has 136 valence electrons. The number of hydrogen-bond donors (Lipinski definition) is 4. The number of benzene rings is 1. The van der Waals surface area contributed by atoms with E-state index < -0.39 is 28.8 Å². The van der Waals surface area contributed by atoms with Crippen molar-refractivity contribution in [1.82, 2.24) is 4.90 Å². The first-order chi connectivity index (χ1) is 11.8. The molecule has 2 amide bonds. The number of nitrogens with zero attached hydrogens (tertiary/aromatic N) is 3. The van der Waals surface area contributed by atoms with Gasteiger partial charge in [-0.1, -0.05) is 12.1 Å². The molecule has 1 rings (SSSR count). The van der Waals surface area contributed by atoms with Crippen LogP contribution in [0.2, 0.25) is 0 Å². The molecule has 25 heavy (non-hydrogen) atoms. The first-order valence-corrected chi connectivity index (χ1v) is 7.34. The molecule has 0 aliphatic rings. The Morgan fingerprint density at radius 2 is 1.88 bits per heavy atom. The molecular formula is C14H20N6O5. The van der Waals surface area contributed by atoms with Crippen molar-refractivity contribution in [3.63, 3.8) is 0 Å². The lowest BCUT2D eigenvalue weighted by molar-refractivity contribution is -0.485. The second-order valence-corrected chi connectivity index (χ2v) is 5.15. The van der Waals surface area contributed by atoms with Crippen LogP contribution in [0, 0.1) is 10.1 Å². The summed E-state index contributed by atoms with van der Waals surface area (Å²) < 4.78 is 0. The third kappa shape index (κ3) is 6.06. The molecule has 0 fully saturated rings. The molecule has 0 aromatic heterocycles. The fourth-order valence-corrected chi connectivity index (χ4v) is 2.18. The number of aromatic hydroxyl groups is 1. The van der Waals surface area contributed by atoms with Crippen LogP contribution in [0.1, 0.15) is 18.4 Å². The Hall–Kier alpha value is -3.21. The molecule has 0 aliphatic heterocycles. The highest BCUT2D eigenvalue weighted by Crippen LogP contribution is 2.14. The highest BCUT2D eigenvalue weighted by Gasteiger charge is 2.32. The molecule has 0 heterocycles. The molecule has 0 radical (unpaired) electrons. The Morgan fingerprint density at radius 1 is 1.28 bits per heavy atom. The van der Waals surface area contributed by atoms with E-state index in [2.05, 4.69) is 5.10 Å². The van der Waals surface area contributed by atoms with E-state index in [0.717, 1.165) is 0 Å². The fraction of sp³-hybridized carbons (Fsp3) is 0.357. The van der Waals surface area contributed by atoms with Crippen molar-refractivity contribution in [2.45, 2.75) is 25.3 Å². The van der Waals surface area contributed by atoms with E-state index in [1.807, 2.05) is 0 Å². The second kappa shape index (κ2) is 9.17. The number of hydrazone groups is 1. The standard InChI is InChI=1S/C14H20N6O5/c15-7-1-2-11(13(16)23)19(14(17)18-20(24)25)12(22)8-9-3-5-10(21)6-4-9/h3-6,11,21H,1-2,7-8,15H2,(H2,16,23)(H2,17,18)/t11-/m0/s1. The van der Waals surface area contributed by atoms with Crippen molar-refractivity contribution >= 4 is 17.8 Å². The molecule has 1 atom stereocenters. The van der Waals surface area contributed by atoms with Gasteiger partial charge in [0.1, 0.15) is 16.9 Å². The maximum Gasteiger partial charge on any atom is 0.276 e. The minimum Gasteiger partial charge on any atom is -0.508 e. The number of rotatable bonds is 8. The molecule has 0 bridgehead atoms. The molecule has 0 saturated heterocycles. The molecule has 11 heteroatoms. The zero-order valence-corrected chi connectivity index (χ0v) is 13.4. The zero-order valence-electron chi connectivity index (χ0n) is 13.4. The van der Waals surface area contributed by atoms with Crippen LogP contribution in [0.15, 0.2) is 29.4 Å². The van der Waals surface area contributed by atoms with Crippen molar-refractivity contribution in [1.29, 1.82) is 0 Å². The second-order valence-electron chi connectivity index (χ2n) is 5.15. The molecular weight excluding hydrogens is 332 g/mol. The molecule has 7 N–H and O–H groups in total. The van der Waals surface area contributed by atoms with E-state index in [1.54, 1.807) is 0 Å². The van der Waals surface area contributed by atoms with Crippen molar-refractivity contribution in [3.05, 3.63) is 39.9 Å². The van der Waals surface area contributed by atoms with Gasteiger partial charge in [-0.2, -0.15) is 0 Å². The summed E-state index contributed by atoms with van der Waals surface area (Å²) in [7, 11) is 0. The number of carbonyl (C=O) groups is 2. The summed E-state index contributed by atoms with van der Waals surface area (Å²) in [6.07, 6.45) is 0.212. The van der Waals surface area contributed by atoms with Gasteiger partial charge in [-0.05, 0) is 37.1 Å². The Labute approximate surface area is 143 Å². The Morgan fingerprint density at radius 3 is 2.36 bits per heavy atom. The molecule has 11 nitrogen and oxygen atoms in total. The maximum absolute atomic E-state index is 12.6. The van der Waals surface area contributed by atoms with E-state index >= 15 is 0 Å². The third-order valence-electron chi connectivity index (χ3n) is 3.31. The van der Waals surface area contributed by atoms with Crippen molar-refractivity contribution in [2.24, 2.45) is 22.3 Å². The highest BCUT2D eigenvalue weighted by molar-refractivity contribution is 6.01.